The molecule has 1 unspecified atom stereocenters. The molecular weight excluding hydrogens is 524 g/mol. The zero-order valence-corrected chi connectivity index (χ0v) is 26.2. The average Bonchev–Trinajstić information content (AvgIpc) is 3.42. The lowest BCUT2D eigenvalue weighted by molar-refractivity contribution is -0.146. The molecule has 0 radical (unpaired) electrons. The maximum atomic E-state index is 13.9. The molecule has 0 saturated carbocycles. The summed E-state index contributed by atoms with van der Waals surface area (Å²) in [6.45, 7) is 16.3. The van der Waals surface area contributed by atoms with Crippen molar-refractivity contribution in [3.63, 3.8) is 0 Å². The highest BCUT2D eigenvalue weighted by atomic mass is 16.5. The van der Waals surface area contributed by atoms with Gasteiger partial charge < -0.3 is 9.64 Å². The Morgan fingerprint density at radius 2 is 1.64 bits per heavy atom. The number of aryl methyl sites for hydroxylation is 4. The van der Waals surface area contributed by atoms with Crippen LogP contribution in [-0.4, -0.2) is 45.4 Å². The summed E-state index contributed by atoms with van der Waals surface area (Å²) in [5.74, 6) is -0.730. The number of hydrogen-bond donors (Lipinski definition) is 0. The first-order valence-electron chi connectivity index (χ1n) is 15.0. The number of fused-ring (bicyclic) bond motifs is 2. The fourth-order valence-electron chi connectivity index (χ4n) is 6.71. The summed E-state index contributed by atoms with van der Waals surface area (Å²) >= 11 is 0. The summed E-state index contributed by atoms with van der Waals surface area (Å²) in [6, 6.07) is 12.9. The van der Waals surface area contributed by atoms with E-state index in [1.54, 1.807) is 0 Å². The smallest absolute Gasteiger partial charge is 0.309 e. The Kier molecular flexibility index (Phi) is 8.22. The van der Waals surface area contributed by atoms with Gasteiger partial charge in [-0.25, -0.2) is 4.68 Å². The van der Waals surface area contributed by atoms with E-state index in [2.05, 4.69) is 74.4 Å². The van der Waals surface area contributed by atoms with Crippen molar-refractivity contribution in [2.45, 2.75) is 80.3 Å². The minimum absolute atomic E-state index is 0.0886. The molecular formula is C35H42N4O3. The van der Waals surface area contributed by atoms with Crippen LogP contribution in [0.1, 0.15) is 86.6 Å². The van der Waals surface area contributed by atoms with Gasteiger partial charge >= 0.3 is 5.97 Å². The molecule has 1 aliphatic rings. The van der Waals surface area contributed by atoms with Crippen LogP contribution in [0.2, 0.25) is 0 Å². The lowest BCUT2D eigenvalue weighted by Gasteiger charge is -2.32. The van der Waals surface area contributed by atoms with E-state index < -0.39 is 0 Å². The number of carbonyl (C=O) groups excluding carboxylic acids is 2. The molecule has 1 amide bonds. The number of nitrogens with zero attached hydrogens (tertiary/aromatic N) is 4. The molecule has 0 saturated heterocycles. The second-order valence-electron chi connectivity index (χ2n) is 11.7. The SMILES string of the molecule is CCC(C(=O)OC)[C@@H](c1ccc2c(c1)CN(C(=O)c1c(C)c(C)cc(C)c1C)CC2)c1ccc2c(nnn2CC)c1C. The van der Waals surface area contributed by atoms with Crippen LogP contribution in [0.25, 0.3) is 11.0 Å². The Labute approximate surface area is 248 Å². The van der Waals surface area contributed by atoms with Gasteiger partial charge in [0, 0.05) is 31.1 Å². The van der Waals surface area contributed by atoms with Gasteiger partial charge in [-0.15, -0.1) is 5.10 Å². The first-order valence-corrected chi connectivity index (χ1v) is 15.0. The van der Waals surface area contributed by atoms with Crippen LogP contribution in [0.15, 0.2) is 36.4 Å². The van der Waals surface area contributed by atoms with Gasteiger partial charge in [-0.3, -0.25) is 9.59 Å². The van der Waals surface area contributed by atoms with Crippen LogP contribution in [0, 0.1) is 40.5 Å². The maximum absolute atomic E-state index is 13.9. The van der Waals surface area contributed by atoms with Crippen LogP contribution < -0.4 is 0 Å². The monoisotopic (exact) mass is 566 g/mol. The molecule has 5 rings (SSSR count). The Balaban J connectivity index is 1.57. The fraction of sp³-hybridized carbons (Fsp3) is 0.429. The molecule has 7 heteroatoms. The summed E-state index contributed by atoms with van der Waals surface area (Å²) in [7, 11) is 1.46. The number of amides is 1. The number of aromatic nitrogens is 3. The van der Waals surface area contributed by atoms with E-state index in [0.717, 1.165) is 74.1 Å². The van der Waals surface area contributed by atoms with Crippen LogP contribution in [0.4, 0.5) is 0 Å². The van der Waals surface area contributed by atoms with E-state index in [-0.39, 0.29) is 23.7 Å². The summed E-state index contributed by atoms with van der Waals surface area (Å²) in [5, 5.41) is 8.82. The summed E-state index contributed by atoms with van der Waals surface area (Å²) in [6.07, 6.45) is 1.43. The molecule has 0 N–H and O–H groups in total. The van der Waals surface area contributed by atoms with E-state index in [0.29, 0.717) is 19.5 Å². The molecule has 1 aromatic heterocycles. The fourth-order valence-corrected chi connectivity index (χ4v) is 6.71. The first kappa shape index (κ1) is 29.5. The third kappa shape index (κ3) is 4.99. The predicted molar refractivity (Wildman–Crippen MR) is 166 cm³/mol. The molecule has 0 fully saturated rings. The zero-order chi connectivity index (χ0) is 30.3. The van der Waals surface area contributed by atoms with E-state index in [9.17, 15) is 9.59 Å². The van der Waals surface area contributed by atoms with E-state index in [4.69, 9.17) is 4.74 Å². The highest BCUT2D eigenvalue weighted by molar-refractivity contribution is 5.98. The lowest BCUT2D eigenvalue weighted by atomic mass is 9.76. The Bertz CT molecular complexity index is 1660. The number of benzene rings is 3. The Morgan fingerprint density at radius 1 is 0.929 bits per heavy atom. The van der Waals surface area contributed by atoms with Crippen molar-refractivity contribution < 1.29 is 14.3 Å². The molecule has 0 bridgehead atoms. The number of rotatable bonds is 7. The average molecular weight is 567 g/mol. The molecule has 1 aliphatic heterocycles. The largest absolute Gasteiger partial charge is 0.469 e. The summed E-state index contributed by atoms with van der Waals surface area (Å²) < 4.78 is 7.20. The minimum atomic E-state index is -0.368. The third-order valence-electron chi connectivity index (χ3n) is 9.43. The standard InChI is InChI=1S/C35H42N4O3/c1-9-28(35(41)42-8)32(29-13-14-30-33(24(29)7)36-37-39(30)10-2)26-12-11-25-15-16-38(19-27(25)18-26)34(40)31-22(5)20(3)17-21(4)23(31)6/h11-14,17-18,28,32H,9-10,15-16,19H2,1-8H3/t28?,32-/m1/s1. The zero-order valence-electron chi connectivity index (χ0n) is 26.2. The van der Waals surface area contributed by atoms with Gasteiger partial charge in [-0.1, -0.05) is 42.5 Å². The van der Waals surface area contributed by atoms with E-state index in [1.165, 1.54) is 12.7 Å². The van der Waals surface area contributed by atoms with Crippen LogP contribution >= 0.6 is 0 Å². The molecule has 3 aromatic carbocycles. The van der Waals surface area contributed by atoms with Gasteiger partial charge in [0.25, 0.3) is 5.91 Å². The predicted octanol–water partition coefficient (Wildman–Crippen LogP) is 6.52. The molecule has 0 spiro atoms. The van der Waals surface area contributed by atoms with Crippen molar-refractivity contribution in [3.8, 4) is 0 Å². The minimum Gasteiger partial charge on any atom is -0.469 e. The second kappa shape index (κ2) is 11.7. The Hall–Kier alpha value is -4.00. The number of hydrogen-bond acceptors (Lipinski definition) is 5. The van der Waals surface area contributed by atoms with Crippen molar-refractivity contribution >= 4 is 22.9 Å². The topological polar surface area (TPSA) is 77.3 Å². The van der Waals surface area contributed by atoms with Crippen molar-refractivity contribution in [1.82, 2.24) is 19.9 Å². The number of ether oxygens (including phenoxy) is 1. The summed E-state index contributed by atoms with van der Waals surface area (Å²) in [4.78, 5) is 29.1. The van der Waals surface area contributed by atoms with Gasteiger partial charge in [0.15, 0.2) is 0 Å². The Morgan fingerprint density at radius 3 is 2.29 bits per heavy atom. The van der Waals surface area contributed by atoms with Crippen molar-refractivity contribution in [1.29, 1.82) is 0 Å². The van der Waals surface area contributed by atoms with Gasteiger partial charge in [-0.2, -0.15) is 0 Å². The van der Waals surface area contributed by atoms with Gasteiger partial charge in [-0.05, 0) is 111 Å². The molecule has 4 aromatic rings. The van der Waals surface area contributed by atoms with Crippen LogP contribution in [0.5, 0.6) is 0 Å². The number of methoxy groups -OCH3 is 1. The van der Waals surface area contributed by atoms with Crippen molar-refractivity contribution in [3.05, 3.63) is 92.0 Å². The maximum Gasteiger partial charge on any atom is 0.309 e. The molecule has 42 heavy (non-hydrogen) atoms. The molecule has 2 heterocycles. The van der Waals surface area contributed by atoms with Gasteiger partial charge in [0.1, 0.15) is 5.52 Å². The number of carbonyl (C=O) groups is 2. The second-order valence-corrected chi connectivity index (χ2v) is 11.7. The molecule has 2 atom stereocenters. The third-order valence-corrected chi connectivity index (χ3v) is 9.43. The molecule has 220 valence electrons. The first-order chi connectivity index (χ1) is 20.1. The van der Waals surface area contributed by atoms with Crippen molar-refractivity contribution in [2.24, 2.45) is 5.92 Å². The lowest BCUT2D eigenvalue weighted by Crippen LogP contribution is -2.37. The molecule has 0 aliphatic carbocycles. The normalized spacial score (nSPS) is 14.5. The summed E-state index contributed by atoms with van der Waals surface area (Å²) in [5.41, 5.74) is 12.6. The van der Waals surface area contributed by atoms with E-state index in [1.807, 2.05) is 30.4 Å². The quantitative estimate of drug-likeness (QED) is 0.238. The van der Waals surface area contributed by atoms with E-state index >= 15 is 0 Å². The number of esters is 1. The van der Waals surface area contributed by atoms with Crippen LogP contribution in [0.3, 0.4) is 0 Å². The highest BCUT2D eigenvalue weighted by Crippen LogP contribution is 2.40. The van der Waals surface area contributed by atoms with Gasteiger partial charge in [0.05, 0.1) is 18.5 Å². The van der Waals surface area contributed by atoms with Crippen molar-refractivity contribution in [2.75, 3.05) is 13.7 Å². The van der Waals surface area contributed by atoms with Gasteiger partial charge in [0.2, 0.25) is 0 Å². The molecule has 7 nitrogen and oxygen atoms in total. The van der Waals surface area contributed by atoms with Crippen LogP contribution in [-0.2, 0) is 29.0 Å². The highest BCUT2D eigenvalue weighted by Gasteiger charge is 2.33.